The Balaban J connectivity index is 2.03. The van der Waals surface area contributed by atoms with Crippen LogP contribution in [-0.4, -0.2) is 12.0 Å². The predicted octanol–water partition coefficient (Wildman–Crippen LogP) is 3.82. The van der Waals surface area contributed by atoms with Crippen molar-refractivity contribution in [3.05, 3.63) is 29.3 Å². The molecule has 1 aliphatic rings. The maximum Gasteiger partial charge on any atom is 0.125 e. The average molecular weight is 239 g/mol. The van der Waals surface area contributed by atoms with Crippen molar-refractivity contribution in [3.63, 3.8) is 0 Å². The lowest BCUT2D eigenvalue weighted by molar-refractivity contribution is 0.353. The molecule has 0 N–H and O–H groups in total. The fourth-order valence-electron chi connectivity index (χ4n) is 2.11. The molecule has 2 rings (SSSR count). The van der Waals surface area contributed by atoms with Gasteiger partial charge in [-0.2, -0.15) is 0 Å². The normalized spacial score (nSPS) is 16.0. The summed E-state index contributed by atoms with van der Waals surface area (Å²) in [6.45, 7) is 5.17. The van der Waals surface area contributed by atoms with Crippen LogP contribution >= 0.6 is 11.6 Å². The first-order valence-corrected chi connectivity index (χ1v) is 6.49. The van der Waals surface area contributed by atoms with Gasteiger partial charge in [-0.05, 0) is 29.9 Å². The Bertz CT molecular complexity index is 360. The van der Waals surface area contributed by atoms with E-state index in [9.17, 15) is 0 Å². The SMILES string of the molecule is CC(C)C(Cl)CCc1cccc2c1OCC2. The molecular weight excluding hydrogens is 220 g/mol. The number of para-hydroxylation sites is 1. The lowest BCUT2D eigenvalue weighted by Gasteiger charge is -2.14. The van der Waals surface area contributed by atoms with Crippen LogP contribution in [0.2, 0.25) is 0 Å². The predicted molar refractivity (Wildman–Crippen MR) is 68.4 cm³/mol. The maximum atomic E-state index is 6.28. The maximum absolute atomic E-state index is 6.28. The van der Waals surface area contributed by atoms with Gasteiger partial charge in [-0.3, -0.25) is 0 Å². The summed E-state index contributed by atoms with van der Waals surface area (Å²) >= 11 is 6.28. The lowest BCUT2D eigenvalue weighted by Crippen LogP contribution is -2.09. The zero-order valence-electron chi connectivity index (χ0n) is 10.0. The molecule has 0 saturated heterocycles. The van der Waals surface area contributed by atoms with Crippen LogP contribution < -0.4 is 4.74 Å². The van der Waals surface area contributed by atoms with Crippen molar-refractivity contribution >= 4 is 11.6 Å². The van der Waals surface area contributed by atoms with E-state index in [1.165, 1.54) is 11.1 Å². The molecule has 1 aliphatic heterocycles. The monoisotopic (exact) mass is 238 g/mol. The molecule has 0 spiro atoms. The Morgan fingerprint density at radius 3 is 2.94 bits per heavy atom. The molecule has 1 nitrogen and oxygen atoms in total. The smallest absolute Gasteiger partial charge is 0.125 e. The van der Waals surface area contributed by atoms with E-state index in [0.29, 0.717) is 5.92 Å². The summed E-state index contributed by atoms with van der Waals surface area (Å²) in [5, 5.41) is 0.261. The van der Waals surface area contributed by atoms with E-state index in [1.807, 2.05) is 0 Å². The molecule has 1 unspecified atom stereocenters. The van der Waals surface area contributed by atoms with Crippen LogP contribution in [0.1, 0.15) is 31.4 Å². The highest BCUT2D eigenvalue weighted by molar-refractivity contribution is 6.20. The van der Waals surface area contributed by atoms with Gasteiger partial charge in [0, 0.05) is 11.8 Å². The van der Waals surface area contributed by atoms with Crippen molar-refractivity contribution in [3.8, 4) is 5.75 Å². The molecule has 88 valence electrons. The molecule has 16 heavy (non-hydrogen) atoms. The Morgan fingerprint density at radius 2 is 2.19 bits per heavy atom. The summed E-state index contributed by atoms with van der Waals surface area (Å²) in [6.07, 6.45) is 3.10. The second-order valence-electron chi connectivity index (χ2n) is 4.80. The van der Waals surface area contributed by atoms with Gasteiger partial charge in [-0.1, -0.05) is 32.0 Å². The van der Waals surface area contributed by atoms with Crippen LogP contribution in [0.4, 0.5) is 0 Å². The number of alkyl halides is 1. The van der Waals surface area contributed by atoms with Gasteiger partial charge in [0.05, 0.1) is 6.61 Å². The number of hydrogen-bond donors (Lipinski definition) is 0. The van der Waals surface area contributed by atoms with E-state index in [0.717, 1.165) is 31.6 Å². The molecule has 0 amide bonds. The highest BCUT2D eigenvalue weighted by atomic mass is 35.5. The molecule has 1 aromatic carbocycles. The quantitative estimate of drug-likeness (QED) is 0.725. The fraction of sp³-hybridized carbons (Fsp3) is 0.571. The Labute approximate surface area is 103 Å². The van der Waals surface area contributed by atoms with Gasteiger partial charge in [0.25, 0.3) is 0 Å². The second-order valence-corrected chi connectivity index (χ2v) is 5.36. The van der Waals surface area contributed by atoms with Crippen molar-refractivity contribution in [2.75, 3.05) is 6.61 Å². The minimum absolute atomic E-state index is 0.261. The number of aryl methyl sites for hydroxylation is 1. The summed E-state index contributed by atoms with van der Waals surface area (Å²) in [5.74, 6) is 1.66. The topological polar surface area (TPSA) is 9.23 Å². The number of fused-ring (bicyclic) bond motifs is 1. The summed E-state index contributed by atoms with van der Waals surface area (Å²) in [6, 6.07) is 6.45. The van der Waals surface area contributed by atoms with E-state index in [-0.39, 0.29) is 5.38 Å². The highest BCUT2D eigenvalue weighted by Gasteiger charge is 2.17. The van der Waals surface area contributed by atoms with Gasteiger partial charge in [-0.25, -0.2) is 0 Å². The minimum Gasteiger partial charge on any atom is -0.493 e. The van der Waals surface area contributed by atoms with Crippen LogP contribution in [0.3, 0.4) is 0 Å². The summed E-state index contributed by atoms with van der Waals surface area (Å²) in [4.78, 5) is 0. The van der Waals surface area contributed by atoms with E-state index in [1.54, 1.807) is 0 Å². The third kappa shape index (κ3) is 2.52. The largest absolute Gasteiger partial charge is 0.493 e. The Hall–Kier alpha value is -0.690. The van der Waals surface area contributed by atoms with Crippen LogP contribution in [0, 0.1) is 5.92 Å². The van der Waals surface area contributed by atoms with Crippen molar-refractivity contribution in [2.45, 2.75) is 38.5 Å². The van der Waals surface area contributed by atoms with Gasteiger partial charge in [-0.15, -0.1) is 11.6 Å². The first-order chi connectivity index (χ1) is 7.68. The summed E-state index contributed by atoms with van der Waals surface area (Å²) in [5.41, 5.74) is 2.68. The van der Waals surface area contributed by atoms with Crippen molar-refractivity contribution < 1.29 is 4.74 Å². The molecule has 0 radical (unpaired) electrons. The van der Waals surface area contributed by atoms with Crippen LogP contribution in [0.5, 0.6) is 5.75 Å². The van der Waals surface area contributed by atoms with Crippen molar-refractivity contribution in [1.29, 1.82) is 0 Å². The first kappa shape index (κ1) is 11.8. The average Bonchev–Trinajstić information content (AvgIpc) is 2.73. The Kier molecular flexibility index (Phi) is 3.75. The van der Waals surface area contributed by atoms with Crippen molar-refractivity contribution in [1.82, 2.24) is 0 Å². The second kappa shape index (κ2) is 5.09. The van der Waals surface area contributed by atoms with Gasteiger partial charge < -0.3 is 4.74 Å². The molecule has 1 atom stereocenters. The van der Waals surface area contributed by atoms with Gasteiger partial charge in [0.1, 0.15) is 5.75 Å². The molecule has 1 heterocycles. The molecule has 0 aromatic heterocycles. The zero-order chi connectivity index (χ0) is 11.5. The Morgan fingerprint density at radius 1 is 1.38 bits per heavy atom. The molecular formula is C14H19ClO. The molecule has 0 aliphatic carbocycles. The van der Waals surface area contributed by atoms with E-state index >= 15 is 0 Å². The van der Waals surface area contributed by atoms with Crippen molar-refractivity contribution in [2.24, 2.45) is 5.92 Å². The zero-order valence-corrected chi connectivity index (χ0v) is 10.8. The van der Waals surface area contributed by atoms with E-state index in [4.69, 9.17) is 16.3 Å². The van der Waals surface area contributed by atoms with Crippen LogP contribution in [0.15, 0.2) is 18.2 Å². The third-order valence-electron chi connectivity index (χ3n) is 3.21. The number of ether oxygens (including phenoxy) is 1. The third-order valence-corrected chi connectivity index (χ3v) is 3.93. The fourth-order valence-corrected chi connectivity index (χ4v) is 2.22. The number of benzene rings is 1. The molecule has 1 aromatic rings. The van der Waals surface area contributed by atoms with Crippen LogP contribution in [0.25, 0.3) is 0 Å². The number of halogens is 1. The first-order valence-electron chi connectivity index (χ1n) is 6.06. The molecule has 0 bridgehead atoms. The van der Waals surface area contributed by atoms with Crippen LogP contribution in [-0.2, 0) is 12.8 Å². The van der Waals surface area contributed by atoms with E-state index < -0.39 is 0 Å². The minimum atomic E-state index is 0.261. The molecule has 2 heteroatoms. The van der Waals surface area contributed by atoms with Gasteiger partial charge in [0.15, 0.2) is 0 Å². The summed E-state index contributed by atoms with van der Waals surface area (Å²) in [7, 11) is 0. The van der Waals surface area contributed by atoms with Gasteiger partial charge in [0.2, 0.25) is 0 Å². The highest BCUT2D eigenvalue weighted by Crippen LogP contribution is 2.31. The molecule has 0 saturated carbocycles. The molecule has 0 fully saturated rings. The standard InChI is InChI=1S/C14H19ClO/c1-10(2)13(15)7-6-11-4-3-5-12-8-9-16-14(11)12/h3-5,10,13H,6-9H2,1-2H3. The lowest BCUT2D eigenvalue weighted by atomic mass is 9.99. The van der Waals surface area contributed by atoms with Gasteiger partial charge >= 0.3 is 0 Å². The van der Waals surface area contributed by atoms with E-state index in [2.05, 4.69) is 32.0 Å². The number of rotatable bonds is 4. The number of hydrogen-bond acceptors (Lipinski definition) is 1. The summed E-state index contributed by atoms with van der Waals surface area (Å²) < 4.78 is 5.68.